The second kappa shape index (κ2) is 7.31. The van der Waals surface area contributed by atoms with Gasteiger partial charge in [0.05, 0.1) is 22.2 Å². The zero-order valence-corrected chi connectivity index (χ0v) is 17.2. The van der Waals surface area contributed by atoms with Gasteiger partial charge in [-0.3, -0.25) is 9.78 Å². The normalized spacial score (nSPS) is 15.8. The number of carbonyl (C=O) groups is 1. The predicted octanol–water partition coefficient (Wildman–Crippen LogP) is 3.39. The molecular weight excluding hydrogens is 433 g/mol. The molecule has 1 aliphatic rings. The van der Waals surface area contributed by atoms with Crippen molar-refractivity contribution < 1.29 is 13.6 Å². The molecule has 9 nitrogen and oxygen atoms in total. The number of fused-ring (bicyclic) bond motifs is 2. The molecule has 0 bridgehead atoms. The zero-order chi connectivity index (χ0) is 21.7. The minimum absolute atomic E-state index is 0.137. The van der Waals surface area contributed by atoms with Crippen molar-refractivity contribution in [3.8, 4) is 11.6 Å². The number of thiazole rings is 1. The summed E-state index contributed by atoms with van der Waals surface area (Å²) in [5.74, 6) is -0.761. The van der Waals surface area contributed by atoms with Crippen LogP contribution < -0.4 is 0 Å². The van der Waals surface area contributed by atoms with Crippen LogP contribution in [0.3, 0.4) is 0 Å². The summed E-state index contributed by atoms with van der Waals surface area (Å²) in [6, 6.07) is 9.20. The van der Waals surface area contributed by atoms with Gasteiger partial charge in [-0.25, -0.2) is 14.4 Å². The van der Waals surface area contributed by atoms with E-state index in [1.54, 1.807) is 41.7 Å². The monoisotopic (exact) mass is 447 g/mol. The van der Waals surface area contributed by atoms with Crippen molar-refractivity contribution in [2.75, 3.05) is 6.54 Å². The maximum absolute atomic E-state index is 13.7. The van der Waals surface area contributed by atoms with Crippen molar-refractivity contribution in [2.24, 2.45) is 0 Å². The molecule has 1 aromatic carbocycles. The fraction of sp³-hybridized carbons (Fsp3) is 0.143. The van der Waals surface area contributed by atoms with E-state index in [1.807, 2.05) is 0 Å². The third-order valence-electron chi connectivity index (χ3n) is 5.28. The number of halogens is 1. The summed E-state index contributed by atoms with van der Waals surface area (Å²) in [6.45, 7) is 0.407. The summed E-state index contributed by atoms with van der Waals surface area (Å²) in [7, 11) is 0. The van der Waals surface area contributed by atoms with Crippen molar-refractivity contribution in [2.45, 2.75) is 12.5 Å². The number of H-pyrrole nitrogens is 1. The third kappa shape index (κ3) is 3.05. The molecule has 5 heterocycles. The Morgan fingerprint density at radius 3 is 3.03 bits per heavy atom. The number of aromatic nitrogens is 6. The fourth-order valence-electron chi connectivity index (χ4n) is 3.81. The number of hydrogen-bond donors (Lipinski definition) is 1. The molecule has 5 aromatic rings. The first-order chi connectivity index (χ1) is 15.7. The van der Waals surface area contributed by atoms with E-state index in [9.17, 15) is 9.18 Å². The molecule has 0 unspecified atom stereocenters. The molecule has 158 valence electrons. The highest BCUT2D eigenvalue weighted by atomic mass is 32.1. The first-order valence-electron chi connectivity index (χ1n) is 9.81. The lowest BCUT2D eigenvalue weighted by Crippen LogP contribution is -2.41. The second-order valence-electron chi connectivity index (χ2n) is 7.21. The molecule has 6 rings (SSSR count). The van der Waals surface area contributed by atoms with Crippen LogP contribution in [0.5, 0.6) is 0 Å². The molecule has 11 heteroatoms. The molecule has 4 aromatic heterocycles. The van der Waals surface area contributed by atoms with E-state index < -0.39 is 11.9 Å². The molecule has 0 spiro atoms. The smallest absolute Gasteiger partial charge is 0.312 e. The van der Waals surface area contributed by atoms with E-state index in [1.165, 1.54) is 23.5 Å². The van der Waals surface area contributed by atoms with Gasteiger partial charge in [0.15, 0.2) is 0 Å². The number of carbonyl (C=O) groups excluding carboxylic acids is 1. The Hall–Kier alpha value is -3.99. The van der Waals surface area contributed by atoms with Gasteiger partial charge in [0.1, 0.15) is 22.6 Å². The van der Waals surface area contributed by atoms with Crippen LogP contribution >= 0.6 is 11.3 Å². The number of hydrogen-bond acceptors (Lipinski definition) is 8. The number of nitrogens with zero attached hydrogens (tertiary/aromatic N) is 6. The van der Waals surface area contributed by atoms with E-state index in [4.69, 9.17) is 4.42 Å². The quantitative estimate of drug-likeness (QED) is 0.451. The molecule has 0 fully saturated rings. The van der Waals surface area contributed by atoms with Gasteiger partial charge in [-0.05, 0) is 24.3 Å². The highest BCUT2D eigenvalue weighted by Crippen LogP contribution is 2.38. The molecule has 1 amide bonds. The Morgan fingerprint density at radius 1 is 1.22 bits per heavy atom. The standard InChI is InChI=1S/C21H14FN7O2S/c22-11-4-5-15-14(9-11)26-20(32-15)17-16-12(24-10-25-16)6-8-29(17)21(30)19-28-27-18(31-19)13-3-1-2-7-23-13/h1-5,7,9-10,17H,6,8H2,(H,24,25)/t17-/m0/s1. The lowest BCUT2D eigenvalue weighted by atomic mass is 10.0. The summed E-state index contributed by atoms with van der Waals surface area (Å²) < 4.78 is 20.2. The van der Waals surface area contributed by atoms with Gasteiger partial charge in [0, 0.05) is 30.9 Å². The van der Waals surface area contributed by atoms with Crippen molar-refractivity contribution >= 4 is 27.5 Å². The Morgan fingerprint density at radius 2 is 2.16 bits per heavy atom. The summed E-state index contributed by atoms with van der Waals surface area (Å²) in [4.78, 5) is 31.4. The van der Waals surface area contributed by atoms with Crippen LogP contribution in [-0.4, -0.2) is 47.5 Å². The summed E-state index contributed by atoms with van der Waals surface area (Å²) >= 11 is 1.40. The Labute approximate surface area is 184 Å². The van der Waals surface area contributed by atoms with Crippen LogP contribution in [0.1, 0.15) is 33.1 Å². The highest BCUT2D eigenvalue weighted by Gasteiger charge is 2.38. The molecule has 1 aliphatic heterocycles. The van der Waals surface area contributed by atoms with Crippen LogP contribution in [0.2, 0.25) is 0 Å². The van der Waals surface area contributed by atoms with Gasteiger partial charge < -0.3 is 14.3 Å². The highest BCUT2D eigenvalue weighted by molar-refractivity contribution is 7.18. The van der Waals surface area contributed by atoms with Gasteiger partial charge in [-0.15, -0.1) is 21.5 Å². The maximum Gasteiger partial charge on any atom is 0.312 e. The van der Waals surface area contributed by atoms with Crippen molar-refractivity contribution in [1.29, 1.82) is 0 Å². The van der Waals surface area contributed by atoms with E-state index in [2.05, 4.69) is 30.1 Å². The van der Waals surface area contributed by atoms with Gasteiger partial charge in [-0.1, -0.05) is 6.07 Å². The lowest BCUT2D eigenvalue weighted by Gasteiger charge is -2.32. The Balaban J connectivity index is 1.40. The van der Waals surface area contributed by atoms with Gasteiger partial charge >= 0.3 is 11.8 Å². The van der Waals surface area contributed by atoms with E-state index in [0.717, 1.165) is 10.4 Å². The second-order valence-corrected chi connectivity index (χ2v) is 8.27. The first-order valence-corrected chi connectivity index (χ1v) is 10.6. The summed E-state index contributed by atoms with van der Waals surface area (Å²) in [5, 5.41) is 8.56. The number of nitrogens with one attached hydrogen (secondary N) is 1. The average Bonchev–Trinajstić information content (AvgIpc) is 3.57. The molecule has 32 heavy (non-hydrogen) atoms. The Bertz CT molecular complexity index is 1440. The third-order valence-corrected chi connectivity index (χ3v) is 6.37. The molecule has 0 saturated carbocycles. The van der Waals surface area contributed by atoms with E-state index >= 15 is 0 Å². The number of aromatic amines is 1. The van der Waals surface area contributed by atoms with Crippen LogP contribution in [0.4, 0.5) is 4.39 Å². The number of benzene rings is 1. The first kappa shape index (κ1) is 18.8. The average molecular weight is 447 g/mol. The van der Waals surface area contributed by atoms with Crippen molar-refractivity contribution in [3.05, 3.63) is 77.0 Å². The van der Waals surface area contributed by atoms with Crippen LogP contribution in [-0.2, 0) is 6.42 Å². The molecular formula is C21H14FN7O2S. The van der Waals surface area contributed by atoms with E-state index in [0.29, 0.717) is 34.9 Å². The number of pyridine rings is 1. The van der Waals surface area contributed by atoms with E-state index in [-0.39, 0.29) is 17.6 Å². The Kier molecular flexibility index (Phi) is 4.28. The minimum atomic E-state index is -0.553. The fourth-order valence-corrected chi connectivity index (χ4v) is 4.87. The summed E-state index contributed by atoms with van der Waals surface area (Å²) in [6.07, 6.45) is 3.81. The zero-order valence-electron chi connectivity index (χ0n) is 16.4. The van der Waals surface area contributed by atoms with Gasteiger partial charge in [0.2, 0.25) is 0 Å². The van der Waals surface area contributed by atoms with Gasteiger partial charge in [-0.2, -0.15) is 0 Å². The molecule has 1 atom stereocenters. The molecule has 0 radical (unpaired) electrons. The number of amides is 1. The van der Waals surface area contributed by atoms with Crippen LogP contribution in [0, 0.1) is 5.82 Å². The van der Waals surface area contributed by atoms with Crippen molar-refractivity contribution in [3.63, 3.8) is 0 Å². The maximum atomic E-state index is 13.7. The predicted molar refractivity (Wildman–Crippen MR) is 112 cm³/mol. The van der Waals surface area contributed by atoms with Crippen molar-refractivity contribution in [1.82, 2.24) is 35.0 Å². The number of imidazole rings is 1. The van der Waals surface area contributed by atoms with Crippen LogP contribution in [0.15, 0.2) is 53.3 Å². The largest absolute Gasteiger partial charge is 0.411 e. The topological polar surface area (TPSA) is 114 Å². The number of rotatable bonds is 3. The van der Waals surface area contributed by atoms with Gasteiger partial charge in [0.25, 0.3) is 5.89 Å². The summed E-state index contributed by atoms with van der Waals surface area (Å²) in [5.41, 5.74) is 2.66. The lowest BCUT2D eigenvalue weighted by molar-refractivity contribution is 0.0650. The molecule has 0 saturated heterocycles. The molecule has 1 N–H and O–H groups in total. The van der Waals surface area contributed by atoms with Crippen LogP contribution in [0.25, 0.3) is 21.8 Å². The minimum Gasteiger partial charge on any atom is -0.411 e. The SMILES string of the molecule is O=C(c1nnc(-c2ccccn2)o1)N1CCc2[nH]cnc2[C@H]1c1nc2cc(F)ccc2s1. The molecule has 0 aliphatic carbocycles.